The van der Waals surface area contributed by atoms with Gasteiger partial charge >= 0.3 is 0 Å². The Bertz CT molecular complexity index is 685. The van der Waals surface area contributed by atoms with Crippen LogP contribution in [0, 0.1) is 0 Å². The monoisotopic (exact) mass is 324 g/mol. The second-order valence-corrected chi connectivity index (χ2v) is 5.58. The molecule has 2 aromatic rings. The first-order chi connectivity index (χ1) is 11.7. The van der Waals surface area contributed by atoms with Crippen LogP contribution in [-0.4, -0.2) is 40.9 Å². The maximum Gasteiger partial charge on any atom is 0.272 e. The molecule has 5 nitrogen and oxygen atoms in total. The Hall–Kier alpha value is -2.69. The van der Waals surface area contributed by atoms with Gasteiger partial charge in [-0.15, -0.1) is 6.58 Å². The summed E-state index contributed by atoms with van der Waals surface area (Å²) in [7, 11) is 1.80. The van der Waals surface area contributed by atoms with Crippen molar-refractivity contribution in [3.63, 3.8) is 0 Å². The quantitative estimate of drug-likeness (QED) is 0.754. The lowest BCUT2D eigenvalue weighted by Crippen LogP contribution is -2.28. The van der Waals surface area contributed by atoms with Gasteiger partial charge in [-0.05, 0) is 6.42 Å². The number of carbonyl (C=O) groups excluding carboxylic acids is 1. The molecule has 0 aliphatic carbocycles. The zero-order valence-corrected chi connectivity index (χ0v) is 14.3. The molecule has 1 aromatic heterocycles. The Labute approximate surface area is 143 Å². The predicted molar refractivity (Wildman–Crippen MR) is 98.0 cm³/mol. The van der Waals surface area contributed by atoms with Gasteiger partial charge in [0.2, 0.25) is 0 Å². The van der Waals surface area contributed by atoms with Crippen LogP contribution in [0.2, 0.25) is 0 Å². The Morgan fingerprint density at radius 1 is 1.29 bits per heavy atom. The standard InChI is InChI=1S/C19H24N4O/c1-4-6-13-23(3)19(24)16-14-17(20-12-5-2)22-18(21-16)15-10-8-7-9-11-15/h5,7-11,14H,2,4,6,12-13H2,1,3H3,(H,20,21,22). The van der Waals surface area contributed by atoms with Gasteiger partial charge in [-0.25, -0.2) is 9.97 Å². The maximum atomic E-state index is 12.6. The highest BCUT2D eigenvalue weighted by Crippen LogP contribution is 2.18. The number of rotatable bonds is 8. The summed E-state index contributed by atoms with van der Waals surface area (Å²) in [6.07, 6.45) is 3.77. The molecule has 0 unspecified atom stereocenters. The molecular weight excluding hydrogens is 300 g/mol. The molecule has 0 saturated heterocycles. The van der Waals surface area contributed by atoms with E-state index >= 15 is 0 Å². The molecule has 24 heavy (non-hydrogen) atoms. The van der Waals surface area contributed by atoms with E-state index in [1.165, 1.54) is 0 Å². The fourth-order valence-electron chi connectivity index (χ4n) is 2.23. The highest BCUT2D eigenvalue weighted by Gasteiger charge is 2.16. The van der Waals surface area contributed by atoms with Gasteiger partial charge in [-0.1, -0.05) is 49.8 Å². The van der Waals surface area contributed by atoms with Crippen molar-refractivity contribution in [2.45, 2.75) is 19.8 Å². The molecular formula is C19H24N4O. The number of benzene rings is 1. The van der Waals surface area contributed by atoms with Crippen LogP contribution in [0.3, 0.4) is 0 Å². The van der Waals surface area contributed by atoms with Gasteiger partial charge in [0.25, 0.3) is 5.91 Å². The molecule has 0 bridgehead atoms. The Kier molecular flexibility index (Phi) is 6.49. The smallest absolute Gasteiger partial charge is 0.272 e. The first-order valence-electron chi connectivity index (χ1n) is 8.20. The minimum atomic E-state index is -0.0929. The molecule has 0 aliphatic heterocycles. The molecule has 0 aliphatic rings. The van der Waals surface area contributed by atoms with Crippen LogP contribution in [0.4, 0.5) is 5.82 Å². The third-order valence-electron chi connectivity index (χ3n) is 3.60. The summed E-state index contributed by atoms with van der Waals surface area (Å²) in [5.41, 5.74) is 1.28. The normalized spacial score (nSPS) is 10.2. The highest BCUT2D eigenvalue weighted by atomic mass is 16.2. The van der Waals surface area contributed by atoms with E-state index in [0.29, 0.717) is 23.9 Å². The molecule has 1 aromatic carbocycles. The van der Waals surface area contributed by atoms with Crippen LogP contribution in [0.1, 0.15) is 30.3 Å². The van der Waals surface area contributed by atoms with Crippen LogP contribution < -0.4 is 5.32 Å². The molecule has 0 saturated carbocycles. The van der Waals surface area contributed by atoms with E-state index in [2.05, 4.69) is 28.8 Å². The van der Waals surface area contributed by atoms with Crippen molar-refractivity contribution in [3.8, 4) is 11.4 Å². The lowest BCUT2D eigenvalue weighted by atomic mass is 10.2. The molecule has 5 heteroatoms. The number of anilines is 1. The van der Waals surface area contributed by atoms with Gasteiger partial charge in [0.1, 0.15) is 11.5 Å². The lowest BCUT2D eigenvalue weighted by molar-refractivity contribution is 0.0787. The van der Waals surface area contributed by atoms with E-state index < -0.39 is 0 Å². The van der Waals surface area contributed by atoms with Crippen molar-refractivity contribution < 1.29 is 4.79 Å². The zero-order valence-electron chi connectivity index (χ0n) is 14.3. The molecule has 0 fully saturated rings. The van der Waals surface area contributed by atoms with E-state index in [0.717, 1.165) is 24.9 Å². The van der Waals surface area contributed by atoms with Crippen molar-refractivity contribution >= 4 is 11.7 Å². The molecule has 1 N–H and O–H groups in total. The summed E-state index contributed by atoms with van der Waals surface area (Å²) < 4.78 is 0. The van der Waals surface area contributed by atoms with Crippen molar-refractivity contribution in [1.29, 1.82) is 0 Å². The van der Waals surface area contributed by atoms with E-state index in [4.69, 9.17) is 0 Å². The summed E-state index contributed by atoms with van der Waals surface area (Å²) in [5, 5.41) is 3.14. The molecule has 0 radical (unpaired) electrons. The molecule has 2 rings (SSSR count). The second-order valence-electron chi connectivity index (χ2n) is 5.58. The largest absolute Gasteiger partial charge is 0.366 e. The highest BCUT2D eigenvalue weighted by molar-refractivity contribution is 5.93. The number of carbonyl (C=O) groups is 1. The Balaban J connectivity index is 2.35. The van der Waals surface area contributed by atoms with Gasteiger partial charge in [0.15, 0.2) is 5.82 Å². The van der Waals surface area contributed by atoms with Gasteiger partial charge in [-0.3, -0.25) is 4.79 Å². The van der Waals surface area contributed by atoms with Crippen LogP contribution in [-0.2, 0) is 0 Å². The Morgan fingerprint density at radius 2 is 2.04 bits per heavy atom. The van der Waals surface area contributed by atoms with Crippen molar-refractivity contribution in [2.75, 3.05) is 25.5 Å². The lowest BCUT2D eigenvalue weighted by Gasteiger charge is -2.17. The van der Waals surface area contributed by atoms with E-state index in [-0.39, 0.29) is 5.91 Å². The molecule has 1 heterocycles. The van der Waals surface area contributed by atoms with Crippen LogP contribution >= 0.6 is 0 Å². The number of amides is 1. The second kappa shape index (κ2) is 8.82. The van der Waals surface area contributed by atoms with Crippen LogP contribution in [0.25, 0.3) is 11.4 Å². The van der Waals surface area contributed by atoms with E-state index in [1.807, 2.05) is 30.3 Å². The summed E-state index contributed by atoms with van der Waals surface area (Å²) in [6.45, 7) is 7.09. The number of nitrogens with one attached hydrogen (secondary N) is 1. The Morgan fingerprint density at radius 3 is 2.71 bits per heavy atom. The summed E-state index contributed by atoms with van der Waals surface area (Å²) in [5.74, 6) is 1.07. The zero-order chi connectivity index (χ0) is 17.4. The first-order valence-corrected chi connectivity index (χ1v) is 8.20. The minimum Gasteiger partial charge on any atom is -0.366 e. The number of hydrogen-bond acceptors (Lipinski definition) is 4. The SMILES string of the molecule is C=CCNc1cc(C(=O)N(C)CCCC)nc(-c2ccccc2)n1. The van der Waals surface area contributed by atoms with Gasteiger partial charge < -0.3 is 10.2 Å². The molecule has 0 atom stereocenters. The summed E-state index contributed by atoms with van der Waals surface area (Å²) in [6, 6.07) is 11.4. The van der Waals surface area contributed by atoms with Gasteiger partial charge in [-0.2, -0.15) is 0 Å². The molecule has 1 amide bonds. The number of aromatic nitrogens is 2. The fourth-order valence-corrected chi connectivity index (χ4v) is 2.23. The van der Waals surface area contributed by atoms with E-state index in [9.17, 15) is 4.79 Å². The van der Waals surface area contributed by atoms with Gasteiger partial charge in [0.05, 0.1) is 0 Å². The number of nitrogens with zero attached hydrogens (tertiary/aromatic N) is 3. The van der Waals surface area contributed by atoms with E-state index in [1.54, 1.807) is 24.1 Å². The average Bonchev–Trinajstić information content (AvgIpc) is 2.64. The predicted octanol–water partition coefficient (Wildman–Crippen LogP) is 3.61. The maximum absolute atomic E-state index is 12.6. The number of unbranched alkanes of at least 4 members (excludes halogenated alkanes) is 1. The molecule has 0 spiro atoms. The van der Waals surface area contributed by atoms with Crippen LogP contribution in [0.15, 0.2) is 49.1 Å². The third-order valence-corrected chi connectivity index (χ3v) is 3.60. The van der Waals surface area contributed by atoms with Gasteiger partial charge in [0, 0.05) is 31.8 Å². The minimum absolute atomic E-state index is 0.0929. The summed E-state index contributed by atoms with van der Waals surface area (Å²) in [4.78, 5) is 23.3. The van der Waals surface area contributed by atoms with Crippen molar-refractivity contribution in [3.05, 3.63) is 54.7 Å². The first kappa shape index (κ1) is 17.7. The fraction of sp³-hybridized carbons (Fsp3) is 0.316. The topological polar surface area (TPSA) is 58.1 Å². The summed E-state index contributed by atoms with van der Waals surface area (Å²) >= 11 is 0. The average molecular weight is 324 g/mol. The van der Waals surface area contributed by atoms with Crippen molar-refractivity contribution in [2.24, 2.45) is 0 Å². The number of hydrogen-bond donors (Lipinski definition) is 1. The van der Waals surface area contributed by atoms with Crippen molar-refractivity contribution in [1.82, 2.24) is 14.9 Å². The molecule has 126 valence electrons. The third kappa shape index (κ3) is 4.65. The van der Waals surface area contributed by atoms with Crippen LogP contribution in [0.5, 0.6) is 0 Å².